The van der Waals surface area contributed by atoms with E-state index < -0.39 is 6.09 Å². The van der Waals surface area contributed by atoms with Gasteiger partial charge in [-0.15, -0.1) is 0 Å². The second-order valence-electron chi connectivity index (χ2n) is 7.82. The summed E-state index contributed by atoms with van der Waals surface area (Å²) in [6.45, 7) is 0.0488. The highest BCUT2D eigenvalue weighted by Gasteiger charge is 2.27. The van der Waals surface area contributed by atoms with Gasteiger partial charge >= 0.3 is 6.09 Å². The number of amides is 1. The summed E-state index contributed by atoms with van der Waals surface area (Å²) in [6, 6.07) is 17.3. The molecule has 5 nitrogen and oxygen atoms in total. The van der Waals surface area contributed by atoms with E-state index in [0.717, 1.165) is 24.0 Å². The number of phenols is 1. The first-order chi connectivity index (χ1) is 15.4. The number of fused-ring (bicyclic) bond motifs is 1. The zero-order chi connectivity index (χ0) is 22.7. The molecule has 0 heterocycles. The summed E-state index contributed by atoms with van der Waals surface area (Å²) in [6.07, 6.45) is 1.55. The molecule has 0 bridgehead atoms. The number of benzene rings is 3. The topological polar surface area (TPSA) is 75.6 Å². The fourth-order valence-electron chi connectivity index (χ4n) is 3.91. The number of hydrogen-bond donors (Lipinski definition) is 2. The van der Waals surface area contributed by atoms with Crippen molar-refractivity contribution < 1.29 is 19.4 Å². The maximum atomic E-state index is 12.8. The fraction of sp³-hybridized carbons (Fsp3) is 0.200. The van der Waals surface area contributed by atoms with E-state index in [0.29, 0.717) is 33.3 Å². The molecule has 1 aliphatic rings. The number of hydrogen-bond acceptors (Lipinski definition) is 4. The summed E-state index contributed by atoms with van der Waals surface area (Å²) in [5.41, 5.74) is 3.91. The lowest BCUT2D eigenvalue weighted by Crippen LogP contribution is -2.24. The van der Waals surface area contributed by atoms with Crippen molar-refractivity contribution >= 4 is 40.8 Å². The SMILES string of the molecule is O=C(Nc1ccc(CC2CCc3cc(O)ccc3C2=O)cc1)OCc1cc(Cl)cc(Cl)c1. The average Bonchev–Trinajstić information content (AvgIpc) is 2.75. The van der Waals surface area contributed by atoms with Gasteiger partial charge in [0, 0.05) is 27.2 Å². The van der Waals surface area contributed by atoms with Crippen LogP contribution in [0, 0.1) is 5.92 Å². The Morgan fingerprint density at radius 3 is 2.44 bits per heavy atom. The molecule has 0 fully saturated rings. The molecule has 0 spiro atoms. The van der Waals surface area contributed by atoms with Gasteiger partial charge < -0.3 is 9.84 Å². The van der Waals surface area contributed by atoms with Crippen molar-refractivity contribution in [2.45, 2.75) is 25.9 Å². The Bertz CT molecular complexity index is 1140. The fourth-order valence-corrected chi connectivity index (χ4v) is 4.48. The van der Waals surface area contributed by atoms with Crippen LogP contribution in [0.5, 0.6) is 5.75 Å². The van der Waals surface area contributed by atoms with E-state index in [-0.39, 0.29) is 24.1 Å². The molecule has 7 heteroatoms. The van der Waals surface area contributed by atoms with E-state index in [1.807, 2.05) is 12.1 Å². The molecule has 0 aliphatic heterocycles. The highest BCUT2D eigenvalue weighted by atomic mass is 35.5. The van der Waals surface area contributed by atoms with Gasteiger partial charge in [-0.05, 0) is 84.5 Å². The molecular formula is C25H21Cl2NO4. The number of carbonyl (C=O) groups is 2. The monoisotopic (exact) mass is 469 g/mol. The van der Waals surface area contributed by atoms with Crippen molar-refractivity contribution in [3.8, 4) is 5.75 Å². The molecule has 0 aromatic heterocycles. The van der Waals surface area contributed by atoms with Crippen molar-refractivity contribution in [2.75, 3.05) is 5.32 Å². The number of Topliss-reactive ketones (excluding diaryl/α,β-unsaturated/α-hetero) is 1. The van der Waals surface area contributed by atoms with Gasteiger partial charge in [-0.25, -0.2) is 4.79 Å². The second kappa shape index (κ2) is 9.63. The molecule has 3 aromatic rings. The van der Waals surface area contributed by atoms with Gasteiger partial charge in [0.15, 0.2) is 5.78 Å². The summed E-state index contributed by atoms with van der Waals surface area (Å²) in [4.78, 5) is 24.9. The quantitative estimate of drug-likeness (QED) is 0.450. The Labute approximate surface area is 195 Å². The van der Waals surface area contributed by atoms with Gasteiger partial charge in [-0.2, -0.15) is 0 Å². The standard InChI is InChI=1S/C25H21Cl2NO4/c26-19-10-16(11-20(27)13-19)14-32-25(31)28-21-5-1-15(2-6-21)9-18-4-3-17-12-22(29)7-8-23(17)24(18)30/h1-2,5-8,10-13,18,29H,3-4,9,14H2,(H,28,31). The molecule has 2 N–H and O–H groups in total. The third-order valence-corrected chi connectivity index (χ3v) is 5.90. The number of ketones is 1. The van der Waals surface area contributed by atoms with Crippen LogP contribution in [0.2, 0.25) is 10.0 Å². The van der Waals surface area contributed by atoms with E-state index in [2.05, 4.69) is 5.32 Å². The van der Waals surface area contributed by atoms with Gasteiger partial charge in [0.25, 0.3) is 0 Å². The minimum Gasteiger partial charge on any atom is -0.508 e. The first-order valence-electron chi connectivity index (χ1n) is 10.2. The summed E-state index contributed by atoms with van der Waals surface area (Å²) < 4.78 is 5.22. The number of nitrogens with one attached hydrogen (secondary N) is 1. The molecule has 0 saturated heterocycles. The normalized spacial score (nSPS) is 15.2. The molecule has 32 heavy (non-hydrogen) atoms. The smallest absolute Gasteiger partial charge is 0.411 e. The first-order valence-corrected chi connectivity index (χ1v) is 11.0. The van der Waals surface area contributed by atoms with E-state index in [1.54, 1.807) is 48.5 Å². The third-order valence-electron chi connectivity index (χ3n) is 5.46. The lowest BCUT2D eigenvalue weighted by Gasteiger charge is -2.23. The molecule has 1 amide bonds. The number of anilines is 1. The number of halogens is 2. The Balaban J connectivity index is 1.31. The zero-order valence-electron chi connectivity index (χ0n) is 17.1. The maximum Gasteiger partial charge on any atom is 0.411 e. The third kappa shape index (κ3) is 5.42. The van der Waals surface area contributed by atoms with Crippen molar-refractivity contribution in [3.63, 3.8) is 0 Å². The predicted octanol–water partition coefficient (Wildman–Crippen LogP) is 6.44. The van der Waals surface area contributed by atoms with Gasteiger partial charge in [-0.3, -0.25) is 10.1 Å². The average molecular weight is 470 g/mol. The van der Waals surface area contributed by atoms with E-state index in [1.165, 1.54) is 0 Å². The Hall–Kier alpha value is -3.02. The Kier molecular flexibility index (Phi) is 6.68. The molecule has 164 valence electrons. The Morgan fingerprint density at radius 1 is 1.00 bits per heavy atom. The lowest BCUT2D eigenvalue weighted by atomic mass is 9.79. The number of carbonyl (C=O) groups excluding carboxylic acids is 2. The Morgan fingerprint density at radius 2 is 1.72 bits per heavy atom. The molecule has 0 radical (unpaired) electrons. The molecule has 3 aromatic carbocycles. The second-order valence-corrected chi connectivity index (χ2v) is 8.69. The van der Waals surface area contributed by atoms with Crippen LogP contribution >= 0.6 is 23.2 Å². The van der Waals surface area contributed by atoms with E-state index in [9.17, 15) is 14.7 Å². The molecule has 4 rings (SSSR count). The molecule has 1 aliphatic carbocycles. The van der Waals surface area contributed by atoms with Crippen LogP contribution < -0.4 is 5.32 Å². The van der Waals surface area contributed by atoms with Gasteiger partial charge in [0.2, 0.25) is 0 Å². The van der Waals surface area contributed by atoms with Crippen LogP contribution in [0.25, 0.3) is 0 Å². The van der Waals surface area contributed by atoms with Crippen LogP contribution in [0.4, 0.5) is 10.5 Å². The number of ether oxygens (including phenoxy) is 1. The largest absolute Gasteiger partial charge is 0.508 e. The van der Waals surface area contributed by atoms with E-state index >= 15 is 0 Å². The van der Waals surface area contributed by atoms with Crippen molar-refractivity contribution in [1.82, 2.24) is 0 Å². The highest BCUT2D eigenvalue weighted by Crippen LogP contribution is 2.30. The summed E-state index contributed by atoms with van der Waals surface area (Å²) >= 11 is 11.9. The van der Waals surface area contributed by atoms with Crippen molar-refractivity contribution in [2.24, 2.45) is 5.92 Å². The van der Waals surface area contributed by atoms with Gasteiger partial charge in [0.1, 0.15) is 12.4 Å². The van der Waals surface area contributed by atoms with Crippen LogP contribution in [-0.4, -0.2) is 17.0 Å². The van der Waals surface area contributed by atoms with Gasteiger partial charge in [-0.1, -0.05) is 35.3 Å². The number of rotatable bonds is 5. The lowest BCUT2D eigenvalue weighted by molar-refractivity contribution is 0.0901. The first kappa shape index (κ1) is 22.2. The predicted molar refractivity (Wildman–Crippen MR) is 125 cm³/mol. The molecule has 1 atom stereocenters. The molecular weight excluding hydrogens is 449 g/mol. The minimum absolute atomic E-state index is 0.0488. The molecule has 0 saturated carbocycles. The maximum absolute atomic E-state index is 12.8. The van der Waals surface area contributed by atoms with Crippen molar-refractivity contribution in [3.05, 3.63) is 93.0 Å². The summed E-state index contributed by atoms with van der Waals surface area (Å²) in [5, 5.41) is 13.3. The summed E-state index contributed by atoms with van der Waals surface area (Å²) in [7, 11) is 0. The highest BCUT2D eigenvalue weighted by molar-refractivity contribution is 6.34. The van der Waals surface area contributed by atoms with Crippen LogP contribution in [0.15, 0.2) is 60.7 Å². The van der Waals surface area contributed by atoms with Gasteiger partial charge in [0.05, 0.1) is 0 Å². The van der Waals surface area contributed by atoms with E-state index in [4.69, 9.17) is 27.9 Å². The van der Waals surface area contributed by atoms with Crippen LogP contribution in [0.1, 0.15) is 33.5 Å². The zero-order valence-corrected chi connectivity index (χ0v) is 18.6. The summed E-state index contributed by atoms with van der Waals surface area (Å²) in [5.74, 6) is 0.200. The number of aryl methyl sites for hydroxylation is 1. The molecule has 1 unspecified atom stereocenters. The van der Waals surface area contributed by atoms with Crippen LogP contribution in [0.3, 0.4) is 0 Å². The number of aromatic hydroxyl groups is 1. The van der Waals surface area contributed by atoms with Crippen molar-refractivity contribution in [1.29, 1.82) is 0 Å². The minimum atomic E-state index is -0.587. The van der Waals surface area contributed by atoms with Crippen LogP contribution in [-0.2, 0) is 24.2 Å². The number of phenolic OH excluding ortho intramolecular Hbond substituents is 1.